The van der Waals surface area contributed by atoms with Gasteiger partial charge < -0.3 is 4.74 Å². The molecule has 0 aliphatic heterocycles. The monoisotopic (exact) mass is 268 g/mol. The Hall–Kier alpha value is -0.630. The Morgan fingerprint density at radius 3 is 2.58 bits per heavy atom. The van der Waals surface area contributed by atoms with E-state index in [4.69, 9.17) is 4.74 Å². The Morgan fingerprint density at radius 2 is 1.95 bits per heavy atom. The van der Waals surface area contributed by atoms with Crippen molar-refractivity contribution in [1.29, 1.82) is 0 Å². The number of rotatable bonds is 10. The number of halogens is 1. The fraction of sp³-hybridized carbons (Fsp3) is 0.765. The summed E-state index contributed by atoms with van der Waals surface area (Å²) in [5.74, 6) is 0. The fourth-order valence-corrected chi connectivity index (χ4v) is 2.32. The van der Waals surface area contributed by atoms with Gasteiger partial charge in [-0.2, -0.15) is 0 Å². The zero-order valence-corrected chi connectivity index (χ0v) is 12.5. The first kappa shape index (κ1) is 16.4. The molecule has 0 spiro atoms. The van der Waals surface area contributed by atoms with Gasteiger partial charge in [0.05, 0.1) is 12.7 Å². The van der Waals surface area contributed by atoms with Gasteiger partial charge in [0.2, 0.25) is 0 Å². The third kappa shape index (κ3) is 7.51. The topological polar surface area (TPSA) is 9.23 Å². The predicted molar refractivity (Wildman–Crippen MR) is 80.1 cm³/mol. The number of hydrogen-bond acceptors (Lipinski definition) is 1. The third-order valence-electron chi connectivity index (χ3n) is 3.62. The maximum Gasteiger partial charge on any atom is 0.122 e. The zero-order chi connectivity index (χ0) is 13.9. The van der Waals surface area contributed by atoms with Crippen molar-refractivity contribution in [3.8, 4) is 0 Å². The molecule has 110 valence electrons. The van der Waals surface area contributed by atoms with Crippen LogP contribution in [0.3, 0.4) is 0 Å². The molecule has 1 rings (SSSR count). The largest absolute Gasteiger partial charge is 0.374 e. The van der Waals surface area contributed by atoms with Gasteiger partial charge in [-0.1, -0.05) is 64.2 Å². The molecule has 1 unspecified atom stereocenters. The Labute approximate surface area is 117 Å². The van der Waals surface area contributed by atoms with Crippen LogP contribution >= 0.6 is 0 Å². The quantitative estimate of drug-likeness (QED) is 0.484. The van der Waals surface area contributed by atoms with Gasteiger partial charge in [0.15, 0.2) is 0 Å². The molecule has 0 saturated carbocycles. The van der Waals surface area contributed by atoms with Crippen LogP contribution in [-0.4, -0.2) is 18.9 Å². The first-order valence-corrected chi connectivity index (χ1v) is 7.89. The van der Waals surface area contributed by atoms with E-state index in [1.807, 2.05) is 12.2 Å². The standard InChI is InChI=1S/C17H29FO/c1-3-5-7-9-17(8-6-4-2)19-14-15-10-12-16(18)13-11-15/h10-12,16-17H,3-9,13-14H2,1-2H3/t16?,17-/m0/s1. The van der Waals surface area contributed by atoms with Gasteiger partial charge in [-0.05, 0) is 18.4 Å². The van der Waals surface area contributed by atoms with Gasteiger partial charge in [0.1, 0.15) is 6.17 Å². The highest BCUT2D eigenvalue weighted by atomic mass is 19.1. The molecule has 0 saturated heterocycles. The maximum atomic E-state index is 13.0. The molecule has 0 aromatic heterocycles. The minimum Gasteiger partial charge on any atom is -0.374 e. The summed E-state index contributed by atoms with van der Waals surface area (Å²) in [5, 5.41) is 0. The van der Waals surface area contributed by atoms with Gasteiger partial charge in [-0.3, -0.25) is 0 Å². The molecular formula is C17H29FO. The van der Waals surface area contributed by atoms with E-state index in [1.165, 1.54) is 32.1 Å². The normalized spacial score (nSPS) is 20.4. The average molecular weight is 268 g/mol. The van der Waals surface area contributed by atoms with E-state index < -0.39 is 6.17 Å². The van der Waals surface area contributed by atoms with Gasteiger partial charge in [-0.25, -0.2) is 4.39 Å². The average Bonchev–Trinajstić information content (AvgIpc) is 2.43. The lowest BCUT2D eigenvalue weighted by molar-refractivity contribution is 0.0545. The van der Waals surface area contributed by atoms with Crippen molar-refractivity contribution >= 4 is 0 Å². The summed E-state index contributed by atoms with van der Waals surface area (Å²) in [6, 6.07) is 0. The Balaban J connectivity index is 2.28. The fourth-order valence-electron chi connectivity index (χ4n) is 2.32. The van der Waals surface area contributed by atoms with Crippen molar-refractivity contribution in [2.45, 2.75) is 77.5 Å². The van der Waals surface area contributed by atoms with Crippen LogP contribution in [0.5, 0.6) is 0 Å². The summed E-state index contributed by atoms with van der Waals surface area (Å²) in [6.45, 7) is 5.09. The molecule has 0 aromatic carbocycles. The van der Waals surface area contributed by atoms with E-state index >= 15 is 0 Å². The molecule has 19 heavy (non-hydrogen) atoms. The van der Waals surface area contributed by atoms with Crippen LogP contribution in [0.15, 0.2) is 23.8 Å². The molecule has 2 atom stereocenters. The van der Waals surface area contributed by atoms with E-state index in [0.717, 1.165) is 18.4 Å². The van der Waals surface area contributed by atoms with Crippen molar-refractivity contribution in [1.82, 2.24) is 0 Å². The smallest absolute Gasteiger partial charge is 0.122 e. The van der Waals surface area contributed by atoms with Gasteiger partial charge in [0, 0.05) is 6.42 Å². The molecule has 0 radical (unpaired) electrons. The summed E-state index contributed by atoms with van der Waals surface area (Å²) in [7, 11) is 0. The minimum absolute atomic E-state index is 0.379. The predicted octanol–water partition coefficient (Wildman–Crippen LogP) is 5.37. The third-order valence-corrected chi connectivity index (χ3v) is 3.62. The molecule has 0 bridgehead atoms. The SMILES string of the molecule is CCCCC[C@H](CCCC)OCC1=CCC(F)C=C1. The molecule has 1 aliphatic carbocycles. The lowest BCUT2D eigenvalue weighted by Crippen LogP contribution is -2.15. The first-order valence-electron chi connectivity index (χ1n) is 7.89. The van der Waals surface area contributed by atoms with Gasteiger partial charge in [-0.15, -0.1) is 0 Å². The van der Waals surface area contributed by atoms with Crippen LogP contribution in [0.4, 0.5) is 4.39 Å². The van der Waals surface area contributed by atoms with E-state index in [-0.39, 0.29) is 0 Å². The summed E-state index contributed by atoms with van der Waals surface area (Å²) < 4.78 is 19.0. The Bertz CT molecular complexity index is 283. The summed E-state index contributed by atoms with van der Waals surface area (Å²) in [6.07, 6.45) is 14.1. The lowest BCUT2D eigenvalue weighted by atomic mass is 10.0. The molecule has 0 heterocycles. The second-order valence-electron chi connectivity index (χ2n) is 5.46. The van der Waals surface area contributed by atoms with Crippen LogP contribution in [-0.2, 0) is 4.74 Å². The van der Waals surface area contributed by atoms with E-state index in [2.05, 4.69) is 13.8 Å². The van der Waals surface area contributed by atoms with Crippen molar-refractivity contribution < 1.29 is 9.13 Å². The first-order chi connectivity index (χ1) is 9.26. The molecule has 0 aromatic rings. The highest BCUT2D eigenvalue weighted by molar-refractivity contribution is 5.24. The van der Waals surface area contributed by atoms with Crippen molar-refractivity contribution in [3.63, 3.8) is 0 Å². The Kier molecular flexibility index (Phi) is 8.81. The molecular weight excluding hydrogens is 239 g/mol. The van der Waals surface area contributed by atoms with Crippen LogP contribution in [0.2, 0.25) is 0 Å². The highest BCUT2D eigenvalue weighted by Gasteiger charge is 2.11. The molecule has 2 heteroatoms. The zero-order valence-electron chi connectivity index (χ0n) is 12.5. The number of hydrogen-bond donors (Lipinski definition) is 0. The maximum absolute atomic E-state index is 13.0. The van der Waals surface area contributed by atoms with Crippen LogP contribution in [0, 0.1) is 0 Å². The van der Waals surface area contributed by atoms with Crippen LogP contribution < -0.4 is 0 Å². The highest BCUT2D eigenvalue weighted by Crippen LogP contribution is 2.17. The molecule has 1 nitrogen and oxygen atoms in total. The molecule has 0 N–H and O–H groups in total. The van der Waals surface area contributed by atoms with Crippen molar-refractivity contribution in [2.24, 2.45) is 0 Å². The summed E-state index contributed by atoms with van der Waals surface area (Å²) in [5.41, 5.74) is 1.13. The van der Waals surface area contributed by atoms with Gasteiger partial charge >= 0.3 is 0 Å². The van der Waals surface area contributed by atoms with E-state index in [0.29, 0.717) is 19.1 Å². The van der Waals surface area contributed by atoms with Crippen LogP contribution in [0.1, 0.15) is 65.2 Å². The van der Waals surface area contributed by atoms with Crippen LogP contribution in [0.25, 0.3) is 0 Å². The second kappa shape index (κ2) is 10.2. The second-order valence-corrected chi connectivity index (χ2v) is 5.46. The van der Waals surface area contributed by atoms with Crippen molar-refractivity contribution in [3.05, 3.63) is 23.8 Å². The van der Waals surface area contributed by atoms with Crippen molar-refractivity contribution in [2.75, 3.05) is 6.61 Å². The Morgan fingerprint density at radius 1 is 1.21 bits per heavy atom. The van der Waals surface area contributed by atoms with E-state index in [9.17, 15) is 4.39 Å². The summed E-state index contributed by atoms with van der Waals surface area (Å²) in [4.78, 5) is 0. The number of unbranched alkanes of at least 4 members (excludes halogenated alkanes) is 3. The number of ether oxygens (including phenoxy) is 1. The molecule has 1 aliphatic rings. The number of allylic oxidation sites excluding steroid dienone is 2. The molecule has 0 amide bonds. The lowest BCUT2D eigenvalue weighted by Gasteiger charge is -2.19. The van der Waals surface area contributed by atoms with Gasteiger partial charge in [0.25, 0.3) is 0 Å². The molecule has 0 fully saturated rings. The summed E-state index contributed by atoms with van der Waals surface area (Å²) >= 11 is 0. The minimum atomic E-state index is -0.802. The van der Waals surface area contributed by atoms with E-state index in [1.54, 1.807) is 6.08 Å². The number of alkyl halides is 1.